The van der Waals surface area contributed by atoms with E-state index in [0.29, 0.717) is 13.0 Å². The van der Waals surface area contributed by atoms with E-state index in [1.807, 2.05) is 18.2 Å². The molecule has 0 spiro atoms. The molecule has 1 aromatic heterocycles. The van der Waals surface area contributed by atoms with Gasteiger partial charge in [0, 0.05) is 30.7 Å². The Morgan fingerprint density at radius 3 is 2.34 bits per heavy atom. The molecule has 0 aliphatic carbocycles. The Morgan fingerprint density at radius 1 is 1.00 bits per heavy atom. The number of fused-ring (bicyclic) bond motifs is 2. The molecule has 3 aliphatic rings. The van der Waals surface area contributed by atoms with Gasteiger partial charge >= 0.3 is 0 Å². The average molecular weight is 393 g/mol. The molecular weight excluding hydrogens is 366 g/mol. The zero-order chi connectivity index (χ0) is 20.1. The van der Waals surface area contributed by atoms with Crippen molar-refractivity contribution in [1.82, 2.24) is 19.9 Å². The number of hydrogen-bond acceptors (Lipinski definition) is 4. The van der Waals surface area contributed by atoms with E-state index in [4.69, 9.17) is 0 Å². The third-order valence-corrected chi connectivity index (χ3v) is 7.00. The molecule has 5 rings (SSSR count). The lowest BCUT2D eigenvalue weighted by atomic mass is 9.95. The van der Waals surface area contributed by atoms with Crippen LogP contribution in [-0.4, -0.2) is 50.3 Å². The SMILES string of the molecule is Cc1ccc(N2C[C@H](C(=O)N3[C@H]4CC[C@H]3CC(n3nccn3)C4)CC2=O)cc1C. The molecule has 3 atom stereocenters. The number of nitrogens with zero attached hydrogens (tertiary/aromatic N) is 5. The van der Waals surface area contributed by atoms with Crippen molar-refractivity contribution < 1.29 is 9.59 Å². The van der Waals surface area contributed by atoms with Gasteiger partial charge in [-0.25, -0.2) is 0 Å². The molecule has 7 heteroatoms. The van der Waals surface area contributed by atoms with Crippen LogP contribution in [-0.2, 0) is 9.59 Å². The Balaban J connectivity index is 1.30. The zero-order valence-electron chi connectivity index (χ0n) is 17.0. The number of aryl methyl sites for hydroxylation is 2. The Labute approximate surface area is 170 Å². The lowest BCUT2D eigenvalue weighted by Crippen LogP contribution is -2.49. The van der Waals surface area contributed by atoms with Gasteiger partial charge in [0.15, 0.2) is 0 Å². The number of benzene rings is 1. The Hall–Kier alpha value is -2.70. The fourth-order valence-corrected chi connectivity index (χ4v) is 5.34. The van der Waals surface area contributed by atoms with Crippen LogP contribution in [0.15, 0.2) is 30.6 Å². The summed E-state index contributed by atoms with van der Waals surface area (Å²) in [7, 11) is 0. The standard InChI is InChI=1S/C22H27N5O2/c1-14-3-4-17(9-15(14)2)25-13-16(10-21(25)28)22(29)26-18-5-6-19(26)12-20(11-18)27-23-7-8-24-27/h3-4,7-9,16,18-20H,5-6,10-13H2,1-2H3/t16-,18+,19+/m1/s1. The quantitative estimate of drug-likeness (QED) is 0.804. The Kier molecular flexibility index (Phi) is 4.41. The van der Waals surface area contributed by atoms with Crippen molar-refractivity contribution in [3.63, 3.8) is 0 Å². The van der Waals surface area contributed by atoms with Crippen LogP contribution in [0.5, 0.6) is 0 Å². The van der Waals surface area contributed by atoms with Gasteiger partial charge in [0.2, 0.25) is 11.8 Å². The second-order valence-electron chi connectivity index (χ2n) is 8.78. The Bertz CT molecular complexity index is 927. The Morgan fingerprint density at radius 2 is 1.69 bits per heavy atom. The first-order chi connectivity index (χ1) is 14.0. The normalized spacial score (nSPS) is 29.0. The van der Waals surface area contributed by atoms with Crippen molar-refractivity contribution in [2.45, 2.75) is 64.1 Å². The van der Waals surface area contributed by atoms with Gasteiger partial charge < -0.3 is 9.80 Å². The molecule has 3 fully saturated rings. The zero-order valence-corrected chi connectivity index (χ0v) is 17.0. The van der Waals surface area contributed by atoms with Gasteiger partial charge in [-0.1, -0.05) is 6.07 Å². The molecule has 152 valence electrons. The number of carbonyl (C=O) groups excluding carboxylic acids is 2. The summed E-state index contributed by atoms with van der Waals surface area (Å²) in [5.41, 5.74) is 3.27. The van der Waals surface area contributed by atoms with Gasteiger partial charge in [-0.15, -0.1) is 0 Å². The third-order valence-electron chi connectivity index (χ3n) is 7.00. The van der Waals surface area contributed by atoms with E-state index in [-0.39, 0.29) is 35.9 Å². The summed E-state index contributed by atoms with van der Waals surface area (Å²) in [6, 6.07) is 6.82. The third kappa shape index (κ3) is 3.12. The monoisotopic (exact) mass is 393 g/mol. The maximum atomic E-state index is 13.4. The summed E-state index contributed by atoms with van der Waals surface area (Å²) < 4.78 is 0. The molecule has 7 nitrogen and oxygen atoms in total. The highest BCUT2D eigenvalue weighted by atomic mass is 16.2. The average Bonchev–Trinajstić information content (AvgIpc) is 3.42. The molecule has 29 heavy (non-hydrogen) atoms. The van der Waals surface area contributed by atoms with Gasteiger partial charge in [0.25, 0.3) is 0 Å². The highest BCUT2D eigenvalue weighted by Gasteiger charge is 2.47. The largest absolute Gasteiger partial charge is 0.336 e. The van der Waals surface area contributed by atoms with Gasteiger partial charge in [0.05, 0.1) is 24.4 Å². The second kappa shape index (κ2) is 6.97. The first kappa shape index (κ1) is 18.3. The molecule has 1 aromatic carbocycles. The van der Waals surface area contributed by atoms with Crippen LogP contribution < -0.4 is 4.90 Å². The van der Waals surface area contributed by atoms with Crippen molar-refractivity contribution in [2.75, 3.05) is 11.4 Å². The topological polar surface area (TPSA) is 71.3 Å². The second-order valence-corrected chi connectivity index (χ2v) is 8.78. The van der Waals surface area contributed by atoms with E-state index in [1.54, 1.807) is 22.1 Å². The van der Waals surface area contributed by atoms with E-state index in [1.165, 1.54) is 5.56 Å². The van der Waals surface area contributed by atoms with Crippen LogP contribution in [0.4, 0.5) is 5.69 Å². The van der Waals surface area contributed by atoms with Crippen LogP contribution in [0, 0.1) is 19.8 Å². The maximum Gasteiger partial charge on any atom is 0.228 e. The summed E-state index contributed by atoms with van der Waals surface area (Å²) in [6.45, 7) is 4.61. The van der Waals surface area contributed by atoms with Crippen LogP contribution in [0.25, 0.3) is 0 Å². The van der Waals surface area contributed by atoms with Crippen LogP contribution in [0.1, 0.15) is 49.3 Å². The number of carbonyl (C=O) groups is 2. The van der Waals surface area contributed by atoms with Crippen molar-refractivity contribution >= 4 is 17.5 Å². The minimum atomic E-state index is -0.244. The number of anilines is 1. The van der Waals surface area contributed by atoms with E-state index < -0.39 is 0 Å². The molecule has 0 radical (unpaired) electrons. The number of rotatable bonds is 3. The lowest BCUT2D eigenvalue weighted by Gasteiger charge is -2.39. The molecule has 0 saturated carbocycles. The van der Waals surface area contributed by atoms with E-state index in [0.717, 1.165) is 36.9 Å². The molecule has 4 heterocycles. The summed E-state index contributed by atoms with van der Waals surface area (Å²) in [5, 5.41) is 8.60. The van der Waals surface area contributed by atoms with Crippen LogP contribution in [0.2, 0.25) is 0 Å². The minimum Gasteiger partial charge on any atom is -0.336 e. The van der Waals surface area contributed by atoms with E-state index in [9.17, 15) is 9.59 Å². The minimum absolute atomic E-state index is 0.0505. The number of piperidine rings is 1. The van der Waals surface area contributed by atoms with Crippen molar-refractivity contribution in [3.8, 4) is 0 Å². The van der Waals surface area contributed by atoms with Crippen molar-refractivity contribution in [1.29, 1.82) is 0 Å². The van der Waals surface area contributed by atoms with Crippen LogP contribution >= 0.6 is 0 Å². The highest BCUT2D eigenvalue weighted by Crippen LogP contribution is 2.42. The molecule has 2 aromatic rings. The summed E-state index contributed by atoms with van der Waals surface area (Å²) in [6.07, 6.45) is 7.62. The number of amides is 2. The maximum absolute atomic E-state index is 13.4. The molecule has 0 unspecified atom stereocenters. The number of hydrogen-bond donors (Lipinski definition) is 0. The molecule has 0 N–H and O–H groups in total. The predicted octanol–water partition coefficient (Wildman–Crippen LogP) is 2.64. The summed E-state index contributed by atoms with van der Waals surface area (Å²) >= 11 is 0. The van der Waals surface area contributed by atoms with Gasteiger partial charge in [0.1, 0.15) is 0 Å². The summed E-state index contributed by atoms with van der Waals surface area (Å²) in [5.74, 6) is -0.0368. The molecule has 3 aliphatic heterocycles. The van der Waals surface area contributed by atoms with Crippen molar-refractivity contribution in [3.05, 3.63) is 41.7 Å². The predicted molar refractivity (Wildman–Crippen MR) is 108 cm³/mol. The number of aromatic nitrogens is 3. The van der Waals surface area contributed by atoms with E-state index in [2.05, 4.69) is 28.9 Å². The fraction of sp³-hybridized carbons (Fsp3) is 0.545. The molecule has 2 amide bonds. The van der Waals surface area contributed by atoms with Crippen molar-refractivity contribution in [2.24, 2.45) is 5.92 Å². The molecule has 2 bridgehead atoms. The van der Waals surface area contributed by atoms with E-state index >= 15 is 0 Å². The first-order valence-electron chi connectivity index (χ1n) is 10.6. The highest BCUT2D eigenvalue weighted by molar-refractivity contribution is 6.00. The van der Waals surface area contributed by atoms with Gasteiger partial charge in [-0.2, -0.15) is 15.0 Å². The summed E-state index contributed by atoms with van der Waals surface area (Å²) in [4.78, 5) is 31.8. The first-order valence-corrected chi connectivity index (χ1v) is 10.6. The fourth-order valence-electron chi connectivity index (χ4n) is 5.34. The van der Waals surface area contributed by atoms with Crippen LogP contribution in [0.3, 0.4) is 0 Å². The van der Waals surface area contributed by atoms with Gasteiger partial charge in [-0.3, -0.25) is 9.59 Å². The smallest absolute Gasteiger partial charge is 0.228 e. The van der Waals surface area contributed by atoms with Gasteiger partial charge in [-0.05, 0) is 62.8 Å². The molecular formula is C22H27N5O2. The lowest BCUT2D eigenvalue weighted by molar-refractivity contribution is -0.140. The molecule has 3 saturated heterocycles.